The zero-order valence-corrected chi connectivity index (χ0v) is 25.7. The van der Waals surface area contributed by atoms with Crippen LogP contribution in [-0.4, -0.2) is 59.0 Å². The van der Waals surface area contributed by atoms with E-state index in [-0.39, 0.29) is 17.4 Å². The number of aryl methyl sites for hydroxylation is 2. The van der Waals surface area contributed by atoms with Crippen molar-refractivity contribution in [2.24, 2.45) is 5.41 Å². The molecule has 41 heavy (non-hydrogen) atoms. The number of hydrogen-bond acceptors (Lipinski definition) is 6. The molecule has 0 bridgehead atoms. The van der Waals surface area contributed by atoms with Crippen molar-refractivity contribution in [3.63, 3.8) is 0 Å². The van der Waals surface area contributed by atoms with Crippen molar-refractivity contribution in [1.29, 1.82) is 0 Å². The first-order chi connectivity index (χ1) is 19.6. The molecule has 1 aliphatic heterocycles. The molecule has 7 heteroatoms. The van der Waals surface area contributed by atoms with Gasteiger partial charge in [0.05, 0.1) is 23.7 Å². The average Bonchev–Trinajstić information content (AvgIpc) is 3.68. The zero-order chi connectivity index (χ0) is 29.3. The van der Waals surface area contributed by atoms with Gasteiger partial charge in [-0.3, -0.25) is 9.78 Å². The summed E-state index contributed by atoms with van der Waals surface area (Å²) in [5, 5.41) is 0.886. The standard InChI is InChI=1S/C34H43N5O2/c1-8-9-17-34(4,5)18-15-28(40)39-19-16-25(21-39)38(6)32-27-20-35-30(23(3)31(27)36-33(37-32)41-7)26-12-10-11-22(2)29(26)24-13-14-24/h10-12,20,24-25H,8-9,13-14,16-17,19,21H2,1-7H3. The van der Waals surface area contributed by atoms with Crippen LogP contribution < -0.4 is 9.64 Å². The molecule has 1 saturated heterocycles. The van der Waals surface area contributed by atoms with E-state index in [0.29, 0.717) is 25.0 Å². The first kappa shape index (κ1) is 28.9. The second-order valence-electron chi connectivity index (χ2n) is 12.4. The number of nitrogens with zero attached hydrogens (tertiary/aromatic N) is 5. The van der Waals surface area contributed by atoms with Gasteiger partial charge in [0.15, 0.2) is 0 Å². The molecule has 5 rings (SSSR count). The Morgan fingerprint density at radius 2 is 1.98 bits per heavy atom. The monoisotopic (exact) mass is 553 g/mol. The number of unbranched alkanes of at least 4 members (excludes halogenated alkanes) is 1. The SMILES string of the molecule is CCCCC(C)(C)C#CC(=O)N1CCC(N(C)c2nc(OC)nc3c(C)c(-c4cccc(C)c4C4CC4)ncc23)C1. The quantitative estimate of drug-likeness (QED) is 0.299. The topological polar surface area (TPSA) is 71.5 Å². The average molecular weight is 554 g/mol. The summed E-state index contributed by atoms with van der Waals surface area (Å²) in [7, 11) is 3.64. The minimum atomic E-state index is -0.153. The third-order valence-electron chi connectivity index (χ3n) is 8.68. The lowest BCUT2D eigenvalue weighted by Gasteiger charge is -2.27. The van der Waals surface area contributed by atoms with Gasteiger partial charge in [0.25, 0.3) is 5.91 Å². The number of methoxy groups -OCH3 is 1. The number of carbonyl (C=O) groups excluding carboxylic acids is 1. The first-order valence-electron chi connectivity index (χ1n) is 15.0. The van der Waals surface area contributed by atoms with Crippen molar-refractivity contribution >= 4 is 22.6 Å². The molecule has 0 N–H and O–H groups in total. The van der Waals surface area contributed by atoms with Gasteiger partial charge in [0, 0.05) is 48.9 Å². The van der Waals surface area contributed by atoms with Gasteiger partial charge in [-0.25, -0.2) is 0 Å². The number of hydrogen-bond donors (Lipinski definition) is 0. The van der Waals surface area contributed by atoms with Crippen molar-refractivity contribution in [3.8, 4) is 29.1 Å². The molecule has 1 unspecified atom stereocenters. The number of aromatic nitrogens is 3. The lowest BCUT2D eigenvalue weighted by Crippen LogP contribution is -2.37. The maximum atomic E-state index is 13.0. The Balaban J connectivity index is 1.43. The van der Waals surface area contributed by atoms with E-state index < -0.39 is 0 Å². The van der Waals surface area contributed by atoms with E-state index in [1.54, 1.807) is 7.11 Å². The predicted octanol–water partition coefficient (Wildman–Crippen LogP) is 6.45. The van der Waals surface area contributed by atoms with Gasteiger partial charge < -0.3 is 14.5 Å². The Bertz CT molecular complexity index is 1520. The van der Waals surface area contributed by atoms with Gasteiger partial charge in [-0.1, -0.05) is 43.9 Å². The number of likely N-dealkylation sites (N-methyl/N-ethyl adjacent to an activating group) is 1. The fourth-order valence-electron chi connectivity index (χ4n) is 6.01. The summed E-state index contributed by atoms with van der Waals surface area (Å²) in [6.07, 6.45) is 8.46. The summed E-state index contributed by atoms with van der Waals surface area (Å²) < 4.78 is 5.57. The van der Waals surface area contributed by atoms with E-state index >= 15 is 0 Å². The Morgan fingerprint density at radius 3 is 2.68 bits per heavy atom. The minimum absolute atomic E-state index is 0.0950. The van der Waals surface area contributed by atoms with Crippen LogP contribution in [0.4, 0.5) is 5.82 Å². The summed E-state index contributed by atoms with van der Waals surface area (Å²) in [6, 6.07) is 6.93. The molecule has 3 aromatic rings. The lowest BCUT2D eigenvalue weighted by atomic mass is 9.88. The molecule has 2 aliphatic rings. The molecule has 0 spiro atoms. The van der Waals surface area contributed by atoms with Crippen molar-refractivity contribution in [2.75, 3.05) is 32.1 Å². The van der Waals surface area contributed by atoms with Crippen LogP contribution in [0.25, 0.3) is 22.2 Å². The van der Waals surface area contributed by atoms with Crippen LogP contribution in [0.15, 0.2) is 24.4 Å². The number of anilines is 1. The van der Waals surface area contributed by atoms with Crippen LogP contribution in [0.3, 0.4) is 0 Å². The van der Waals surface area contributed by atoms with E-state index in [2.05, 4.69) is 69.6 Å². The number of pyridine rings is 1. The molecule has 7 nitrogen and oxygen atoms in total. The maximum absolute atomic E-state index is 13.0. The van der Waals surface area contributed by atoms with Gasteiger partial charge in [-0.05, 0) is 76.3 Å². The second-order valence-corrected chi connectivity index (χ2v) is 12.4. The normalized spacial score (nSPS) is 17.0. The fraction of sp³-hybridized carbons (Fsp3) is 0.529. The Hall–Kier alpha value is -3.66. The van der Waals surface area contributed by atoms with Crippen LogP contribution in [0.2, 0.25) is 0 Å². The van der Waals surface area contributed by atoms with Gasteiger partial charge in [0.1, 0.15) is 5.82 Å². The van der Waals surface area contributed by atoms with Gasteiger partial charge in [-0.15, -0.1) is 0 Å². The summed E-state index contributed by atoms with van der Waals surface area (Å²) >= 11 is 0. The molecular weight excluding hydrogens is 510 g/mol. The van der Waals surface area contributed by atoms with Crippen LogP contribution >= 0.6 is 0 Å². The Morgan fingerprint density at radius 1 is 1.20 bits per heavy atom. The maximum Gasteiger partial charge on any atom is 0.318 e. The fourth-order valence-corrected chi connectivity index (χ4v) is 6.01. The number of likely N-dealkylation sites (tertiary alicyclic amines) is 1. The van der Waals surface area contributed by atoms with Crippen LogP contribution in [0, 0.1) is 31.1 Å². The van der Waals surface area contributed by atoms with Crippen LogP contribution in [-0.2, 0) is 4.79 Å². The van der Waals surface area contributed by atoms with Crippen molar-refractivity contribution in [2.45, 2.75) is 85.1 Å². The summed E-state index contributed by atoms with van der Waals surface area (Å²) in [5.74, 6) is 7.45. The third kappa shape index (κ3) is 6.02. The highest BCUT2D eigenvalue weighted by Gasteiger charge is 2.32. The van der Waals surface area contributed by atoms with Crippen molar-refractivity contribution in [1.82, 2.24) is 19.9 Å². The molecule has 1 aromatic carbocycles. The van der Waals surface area contributed by atoms with E-state index in [9.17, 15) is 4.79 Å². The molecule has 2 aromatic heterocycles. The zero-order valence-electron chi connectivity index (χ0n) is 25.7. The molecule has 1 aliphatic carbocycles. The highest BCUT2D eigenvalue weighted by molar-refractivity contribution is 5.95. The Kier molecular flexibility index (Phi) is 8.22. The molecule has 1 atom stereocenters. The summed E-state index contributed by atoms with van der Waals surface area (Å²) in [5.41, 5.74) is 6.61. The van der Waals surface area contributed by atoms with Gasteiger partial charge in [0.2, 0.25) is 0 Å². The number of carbonyl (C=O) groups is 1. The Labute approximate surface area is 244 Å². The van der Waals surface area contributed by atoms with Gasteiger partial charge in [-0.2, -0.15) is 9.97 Å². The number of fused-ring (bicyclic) bond motifs is 1. The van der Waals surface area contributed by atoms with Crippen LogP contribution in [0.5, 0.6) is 6.01 Å². The highest BCUT2D eigenvalue weighted by Crippen LogP contribution is 2.46. The molecule has 216 valence electrons. The van der Waals surface area contributed by atoms with Crippen LogP contribution in [0.1, 0.15) is 81.9 Å². The molecule has 2 fully saturated rings. The summed E-state index contributed by atoms with van der Waals surface area (Å²) in [6.45, 7) is 12.0. The number of rotatable bonds is 8. The lowest BCUT2D eigenvalue weighted by molar-refractivity contribution is -0.124. The summed E-state index contributed by atoms with van der Waals surface area (Å²) in [4.78, 5) is 31.6. The van der Waals surface area contributed by atoms with E-state index in [1.165, 1.54) is 29.5 Å². The molecular formula is C34H43N5O2. The molecule has 0 radical (unpaired) electrons. The first-order valence-corrected chi connectivity index (χ1v) is 15.0. The van der Waals surface area contributed by atoms with Crippen molar-refractivity contribution < 1.29 is 9.53 Å². The van der Waals surface area contributed by atoms with Gasteiger partial charge >= 0.3 is 6.01 Å². The van der Waals surface area contributed by atoms with E-state index in [4.69, 9.17) is 19.7 Å². The minimum Gasteiger partial charge on any atom is -0.467 e. The number of ether oxygens (including phenoxy) is 1. The third-order valence-corrected chi connectivity index (χ3v) is 8.68. The number of amides is 1. The van der Waals surface area contributed by atoms with Crippen molar-refractivity contribution in [3.05, 3.63) is 41.1 Å². The predicted molar refractivity (Wildman–Crippen MR) is 165 cm³/mol. The smallest absolute Gasteiger partial charge is 0.318 e. The second kappa shape index (κ2) is 11.7. The van der Waals surface area contributed by atoms with E-state index in [0.717, 1.165) is 53.7 Å². The highest BCUT2D eigenvalue weighted by atomic mass is 16.5. The largest absolute Gasteiger partial charge is 0.467 e. The molecule has 1 saturated carbocycles. The molecule has 3 heterocycles. The van der Waals surface area contributed by atoms with E-state index in [1.807, 2.05) is 18.1 Å². The molecule has 1 amide bonds. The number of benzene rings is 1.